The lowest BCUT2D eigenvalue weighted by atomic mass is 9.47. The predicted molar refractivity (Wildman–Crippen MR) is 170 cm³/mol. The number of hydrogen-bond acceptors (Lipinski definition) is 7. The summed E-state index contributed by atoms with van der Waals surface area (Å²) in [6, 6.07) is 0. The first kappa shape index (κ1) is 33.4. The van der Waals surface area contributed by atoms with Gasteiger partial charge in [-0.1, -0.05) is 37.1 Å². The summed E-state index contributed by atoms with van der Waals surface area (Å²) in [5.74, 6) is 2.28. The Morgan fingerprint density at radius 1 is 1.00 bits per heavy atom. The highest BCUT2D eigenvalue weighted by molar-refractivity contribution is 5.66. The zero-order valence-electron chi connectivity index (χ0n) is 28.0. The maximum Gasteiger partial charge on any atom is 0.303 e. The van der Waals surface area contributed by atoms with Gasteiger partial charge >= 0.3 is 11.9 Å². The Hall–Kier alpha value is -1.96. The Morgan fingerprint density at radius 3 is 2.57 bits per heavy atom. The Balaban J connectivity index is 1.21. The van der Waals surface area contributed by atoms with Crippen LogP contribution in [-0.4, -0.2) is 56.9 Å². The third-order valence-electron chi connectivity index (χ3n) is 12.1. The van der Waals surface area contributed by atoms with Gasteiger partial charge in [0.05, 0.1) is 6.10 Å². The lowest BCUT2D eigenvalue weighted by molar-refractivity contribution is -0.213. The zero-order chi connectivity index (χ0) is 31.5. The van der Waals surface area contributed by atoms with Gasteiger partial charge in [-0.2, -0.15) is 0 Å². The molecule has 3 saturated carbocycles. The molecule has 0 aromatic carbocycles. The predicted octanol–water partition coefficient (Wildman–Crippen LogP) is 7.49. The van der Waals surface area contributed by atoms with Crippen molar-refractivity contribution in [2.75, 3.05) is 20.3 Å². The van der Waals surface area contributed by atoms with Crippen molar-refractivity contribution in [3.05, 3.63) is 35.5 Å². The van der Waals surface area contributed by atoms with Crippen LogP contribution >= 0.6 is 0 Å². The van der Waals surface area contributed by atoms with E-state index < -0.39 is 30.4 Å². The second kappa shape index (κ2) is 14.2. The summed E-state index contributed by atoms with van der Waals surface area (Å²) in [6.07, 6.45) is 20.3. The number of carbonyl (C=O) groups excluding carboxylic acids is 2. The molecule has 246 valence electrons. The molecular weight excluding hydrogens is 556 g/mol. The lowest BCUT2D eigenvalue weighted by Crippen LogP contribution is -2.51. The van der Waals surface area contributed by atoms with Gasteiger partial charge < -0.3 is 23.7 Å². The topological polar surface area (TPSA) is 80.3 Å². The van der Waals surface area contributed by atoms with E-state index in [4.69, 9.17) is 23.7 Å². The number of unbranched alkanes of at least 4 members (excludes halogenated alkanes) is 2. The standard InChI is InChI=1S/C37H56O7/c1-24(10-8-7-9-21-40-6)30-13-14-31-29-12-11-27-22-28(17-19-36(27,4)32(29)18-20-37(30,31)5)43-35-16-15-33(42-26(3)39)34(44-35)23-41-25(2)38/h10-11,15-16,28-35H,7-9,12-14,17-23H2,1-6H3/b24-10+/t28-,29+,30-,31+,32+,33+,34-,35?,36+,37-/m1/s1. The van der Waals surface area contributed by atoms with Gasteiger partial charge in [-0.3, -0.25) is 9.59 Å². The Morgan fingerprint density at radius 2 is 1.82 bits per heavy atom. The van der Waals surface area contributed by atoms with Crippen molar-refractivity contribution in [2.24, 2.45) is 34.5 Å². The average molecular weight is 613 g/mol. The molecule has 1 aliphatic heterocycles. The molecule has 0 amide bonds. The van der Waals surface area contributed by atoms with Crippen LogP contribution in [0.5, 0.6) is 0 Å². The number of rotatable bonds is 11. The molecule has 5 aliphatic rings. The van der Waals surface area contributed by atoms with Crippen LogP contribution in [0.15, 0.2) is 35.5 Å². The van der Waals surface area contributed by atoms with E-state index in [1.54, 1.807) is 24.3 Å². The van der Waals surface area contributed by atoms with Gasteiger partial charge in [0.2, 0.25) is 0 Å². The number of ether oxygens (including phenoxy) is 5. The fraction of sp³-hybridized carbons (Fsp3) is 0.784. The molecule has 7 nitrogen and oxygen atoms in total. The van der Waals surface area contributed by atoms with Crippen LogP contribution in [0, 0.1) is 34.5 Å². The number of carbonyl (C=O) groups is 2. The second-order valence-electron chi connectivity index (χ2n) is 14.7. The van der Waals surface area contributed by atoms with E-state index in [9.17, 15) is 9.59 Å². The van der Waals surface area contributed by atoms with Crippen molar-refractivity contribution < 1.29 is 33.3 Å². The van der Waals surface area contributed by atoms with E-state index >= 15 is 0 Å². The van der Waals surface area contributed by atoms with Gasteiger partial charge in [0.15, 0.2) is 6.29 Å². The van der Waals surface area contributed by atoms with E-state index in [1.807, 2.05) is 6.08 Å². The molecule has 7 heteroatoms. The van der Waals surface area contributed by atoms with E-state index in [1.165, 1.54) is 58.8 Å². The normalized spacial score (nSPS) is 40.0. The number of methoxy groups -OCH3 is 1. The monoisotopic (exact) mass is 612 g/mol. The van der Waals surface area contributed by atoms with Crippen LogP contribution in [0.4, 0.5) is 0 Å². The molecule has 4 aliphatic carbocycles. The van der Waals surface area contributed by atoms with Gasteiger partial charge in [-0.15, -0.1) is 0 Å². The molecule has 44 heavy (non-hydrogen) atoms. The van der Waals surface area contributed by atoms with Crippen LogP contribution in [0.2, 0.25) is 0 Å². The van der Waals surface area contributed by atoms with Gasteiger partial charge in [0, 0.05) is 27.6 Å². The minimum atomic E-state index is -0.605. The minimum Gasteiger partial charge on any atom is -0.463 e. The zero-order valence-corrected chi connectivity index (χ0v) is 28.0. The van der Waals surface area contributed by atoms with Crippen molar-refractivity contribution in [1.82, 2.24) is 0 Å². The molecule has 0 bridgehead atoms. The highest BCUT2D eigenvalue weighted by Gasteiger charge is 2.58. The smallest absolute Gasteiger partial charge is 0.303 e. The van der Waals surface area contributed by atoms with Crippen LogP contribution in [0.1, 0.15) is 105 Å². The molecule has 1 heterocycles. The summed E-state index contributed by atoms with van der Waals surface area (Å²) in [5.41, 5.74) is 3.88. The molecule has 0 radical (unpaired) electrons. The van der Waals surface area contributed by atoms with Crippen molar-refractivity contribution in [3.8, 4) is 0 Å². The Bertz CT molecular complexity index is 1120. The summed E-state index contributed by atoms with van der Waals surface area (Å²) >= 11 is 0. The molecule has 1 unspecified atom stereocenters. The van der Waals surface area contributed by atoms with Crippen molar-refractivity contribution >= 4 is 11.9 Å². The number of fused-ring (bicyclic) bond motifs is 5. The first-order valence-electron chi connectivity index (χ1n) is 17.2. The lowest BCUT2D eigenvalue weighted by Gasteiger charge is -2.58. The van der Waals surface area contributed by atoms with Crippen LogP contribution in [0.25, 0.3) is 0 Å². The third kappa shape index (κ3) is 7.05. The summed E-state index contributed by atoms with van der Waals surface area (Å²) < 4.78 is 28.4. The number of esters is 2. The van der Waals surface area contributed by atoms with Crippen molar-refractivity contribution in [2.45, 2.75) is 130 Å². The van der Waals surface area contributed by atoms with Gasteiger partial charge in [-0.05, 0) is 124 Å². The van der Waals surface area contributed by atoms with Gasteiger partial charge in [-0.25, -0.2) is 0 Å². The highest BCUT2D eigenvalue weighted by Crippen LogP contribution is 2.67. The molecule has 5 rings (SSSR count). The maximum absolute atomic E-state index is 11.6. The van der Waals surface area contributed by atoms with Crippen LogP contribution in [0.3, 0.4) is 0 Å². The third-order valence-corrected chi connectivity index (χ3v) is 12.1. The number of hydrogen-bond donors (Lipinski definition) is 0. The highest BCUT2D eigenvalue weighted by atomic mass is 16.7. The summed E-state index contributed by atoms with van der Waals surface area (Å²) in [7, 11) is 1.79. The van der Waals surface area contributed by atoms with Crippen molar-refractivity contribution in [1.29, 1.82) is 0 Å². The van der Waals surface area contributed by atoms with Crippen LogP contribution in [-0.2, 0) is 33.3 Å². The summed E-state index contributed by atoms with van der Waals surface area (Å²) in [4.78, 5) is 23.0. The van der Waals surface area contributed by atoms with E-state index in [2.05, 4.69) is 32.9 Å². The van der Waals surface area contributed by atoms with E-state index in [0.29, 0.717) is 5.41 Å². The molecule has 0 saturated heterocycles. The Labute approximate surface area is 265 Å². The second-order valence-corrected chi connectivity index (χ2v) is 14.7. The quantitative estimate of drug-likeness (QED) is 0.136. The first-order valence-corrected chi connectivity index (χ1v) is 17.2. The fourth-order valence-electron chi connectivity index (χ4n) is 9.88. The molecule has 10 atom stereocenters. The molecule has 3 fully saturated rings. The maximum atomic E-state index is 11.6. The van der Waals surface area contributed by atoms with E-state index in [0.717, 1.165) is 56.0 Å². The van der Waals surface area contributed by atoms with Crippen molar-refractivity contribution in [3.63, 3.8) is 0 Å². The average Bonchev–Trinajstić information content (AvgIpc) is 3.34. The number of allylic oxidation sites excluding steroid dienone is 3. The summed E-state index contributed by atoms with van der Waals surface area (Å²) in [5, 5.41) is 0. The van der Waals surface area contributed by atoms with Gasteiger partial charge in [0.1, 0.15) is 18.8 Å². The SMILES string of the molecule is COCCCC/C=C(\C)[C@H]1CC[C@H]2[C@@H]3CC=C4C[C@H](OC5C=C[C@H](OC(C)=O)[C@@H](COC(C)=O)O5)CC[C@]4(C)[C@H]3CC[C@]12C. The molecule has 0 aromatic rings. The minimum absolute atomic E-state index is 0.0130. The van der Waals surface area contributed by atoms with E-state index in [-0.39, 0.29) is 18.1 Å². The Kier molecular flexibility index (Phi) is 10.8. The molecule has 0 N–H and O–H groups in total. The summed E-state index contributed by atoms with van der Waals surface area (Å²) in [6.45, 7) is 11.2. The van der Waals surface area contributed by atoms with Crippen LogP contribution < -0.4 is 0 Å². The molecule has 0 aromatic heterocycles. The first-order chi connectivity index (χ1) is 21.0. The van der Waals surface area contributed by atoms with Gasteiger partial charge in [0.25, 0.3) is 0 Å². The molecular formula is C37H56O7. The largest absolute Gasteiger partial charge is 0.463 e. The molecule has 0 spiro atoms. The fourth-order valence-corrected chi connectivity index (χ4v) is 9.88.